The lowest BCUT2D eigenvalue weighted by Crippen LogP contribution is -2.36. The number of hydrogen-bond donors (Lipinski definition) is 2. The van der Waals surface area contributed by atoms with Crippen molar-refractivity contribution < 1.29 is 0 Å². The summed E-state index contributed by atoms with van der Waals surface area (Å²) >= 11 is 0. The molecule has 1 heterocycles. The number of rotatable bonds is 4. The van der Waals surface area contributed by atoms with E-state index in [0.29, 0.717) is 5.41 Å². The first-order chi connectivity index (χ1) is 8.25. The van der Waals surface area contributed by atoms with E-state index in [2.05, 4.69) is 35.8 Å². The van der Waals surface area contributed by atoms with E-state index in [1.165, 1.54) is 42.5 Å². The zero-order valence-corrected chi connectivity index (χ0v) is 10.7. The third-order valence-corrected chi connectivity index (χ3v) is 4.33. The van der Waals surface area contributed by atoms with Gasteiger partial charge in [0.05, 0.1) is 0 Å². The maximum Gasteiger partial charge on any atom is 0.0376 e. The van der Waals surface area contributed by atoms with Crippen LogP contribution in [0.3, 0.4) is 0 Å². The average Bonchev–Trinajstić information content (AvgIpc) is 2.74. The minimum absolute atomic E-state index is 0.578. The van der Waals surface area contributed by atoms with Crippen molar-refractivity contribution in [2.75, 3.05) is 18.4 Å². The molecule has 17 heavy (non-hydrogen) atoms. The molecule has 2 heteroatoms. The normalized spacial score (nSPS) is 20.5. The number of hydrogen-bond acceptors (Lipinski definition) is 2. The van der Waals surface area contributed by atoms with Crippen LogP contribution in [0.5, 0.6) is 0 Å². The van der Waals surface area contributed by atoms with Crippen LogP contribution in [0, 0.1) is 5.41 Å². The Bertz CT molecular complexity index is 407. The largest absolute Gasteiger partial charge is 0.384 e. The molecule has 0 spiro atoms. The van der Waals surface area contributed by atoms with E-state index in [0.717, 1.165) is 19.6 Å². The van der Waals surface area contributed by atoms with Crippen LogP contribution in [0.15, 0.2) is 18.2 Å². The molecule has 1 aliphatic heterocycles. The van der Waals surface area contributed by atoms with E-state index in [9.17, 15) is 0 Å². The quantitative estimate of drug-likeness (QED) is 0.831. The Labute approximate surface area is 104 Å². The van der Waals surface area contributed by atoms with E-state index in [-0.39, 0.29) is 0 Å². The Hall–Kier alpha value is -1.02. The Balaban J connectivity index is 1.54. The summed E-state index contributed by atoms with van der Waals surface area (Å²) in [5.41, 5.74) is 4.80. The van der Waals surface area contributed by atoms with Crippen LogP contribution < -0.4 is 10.6 Å². The second kappa shape index (κ2) is 4.34. The zero-order chi connectivity index (χ0) is 11.7. The standard InChI is InChI=1S/C15H22N2/c1-15(6-2-7-15)11-16-10-12-3-4-13-5-8-17-14(13)9-12/h3-4,9,16-17H,2,5-8,10-11H2,1H3. The van der Waals surface area contributed by atoms with Crippen molar-refractivity contribution in [1.29, 1.82) is 0 Å². The molecule has 1 aliphatic carbocycles. The summed E-state index contributed by atoms with van der Waals surface area (Å²) in [7, 11) is 0. The summed E-state index contributed by atoms with van der Waals surface area (Å²) in [6, 6.07) is 6.85. The van der Waals surface area contributed by atoms with Gasteiger partial charge in [0.1, 0.15) is 0 Å². The predicted octanol–water partition coefficient (Wildman–Crippen LogP) is 2.93. The first kappa shape index (κ1) is 11.1. The van der Waals surface area contributed by atoms with Crippen LogP contribution in [-0.2, 0) is 13.0 Å². The van der Waals surface area contributed by atoms with Gasteiger partial charge in [0, 0.05) is 25.3 Å². The SMILES string of the molecule is CC1(CNCc2ccc3c(c2)NCC3)CCC1. The lowest BCUT2D eigenvalue weighted by atomic mass is 9.70. The van der Waals surface area contributed by atoms with Crippen LogP contribution in [0.2, 0.25) is 0 Å². The summed E-state index contributed by atoms with van der Waals surface area (Å²) in [5, 5.41) is 7.05. The molecule has 0 atom stereocenters. The molecular formula is C15H22N2. The van der Waals surface area contributed by atoms with E-state index in [4.69, 9.17) is 0 Å². The molecule has 2 aliphatic rings. The predicted molar refractivity (Wildman–Crippen MR) is 72.3 cm³/mol. The lowest BCUT2D eigenvalue weighted by Gasteiger charge is -2.38. The van der Waals surface area contributed by atoms with Crippen LogP contribution >= 0.6 is 0 Å². The van der Waals surface area contributed by atoms with Gasteiger partial charge in [-0.05, 0) is 41.9 Å². The summed E-state index contributed by atoms with van der Waals surface area (Å²) in [6.07, 6.45) is 5.39. The van der Waals surface area contributed by atoms with Gasteiger partial charge >= 0.3 is 0 Å². The average molecular weight is 230 g/mol. The van der Waals surface area contributed by atoms with Gasteiger partial charge in [0.25, 0.3) is 0 Å². The first-order valence-electron chi connectivity index (χ1n) is 6.82. The minimum Gasteiger partial charge on any atom is -0.384 e. The Morgan fingerprint density at radius 2 is 2.24 bits per heavy atom. The molecule has 0 aromatic heterocycles. The molecule has 0 unspecified atom stereocenters. The van der Waals surface area contributed by atoms with E-state index >= 15 is 0 Å². The molecule has 1 aromatic rings. The molecule has 1 aromatic carbocycles. The van der Waals surface area contributed by atoms with Gasteiger partial charge in [-0.3, -0.25) is 0 Å². The second-order valence-electron chi connectivity index (χ2n) is 5.94. The number of fused-ring (bicyclic) bond motifs is 1. The topological polar surface area (TPSA) is 24.1 Å². The first-order valence-corrected chi connectivity index (χ1v) is 6.82. The maximum absolute atomic E-state index is 3.61. The van der Waals surface area contributed by atoms with Crippen molar-refractivity contribution in [3.05, 3.63) is 29.3 Å². The van der Waals surface area contributed by atoms with Gasteiger partial charge in [-0.15, -0.1) is 0 Å². The Kier molecular flexibility index (Phi) is 2.83. The maximum atomic E-state index is 3.61. The molecule has 1 saturated carbocycles. The molecule has 0 bridgehead atoms. The molecular weight excluding hydrogens is 208 g/mol. The Morgan fingerprint density at radius 1 is 1.35 bits per heavy atom. The summed E-state index contributed by atoms with van der Waals surface area (Å²) in [5.74, 6) is 0. The molecule has 2 nitrogen and oxygen atoms in total. The van der Waals surface area contributed by atoms with Crippen LogP contribution in [0.1, 0.15) is 37.3 Å². The van der Waals surface area contributed by atoms with E-state index in [1.807, 2.05) is 0 Å². The molecule has 0 amide bonds. The third-order valence-electron chi connectivity index (χ3n) is 4.33. The molecule has 1 fully saturated rings. The molecule has 3 rings (SSSR count). The zero-order valence-electron chi connectivity index (χ0n) is 10.7. The van der Waals surface area contributed by atoms with Crippen LogP contribution in [0.4, 0.5) is 5.69 Å². The van der Waals surface area contributed by atoms with Gasteiger partial charge in [-0.1, -0.05) is 25.5 Å². The summed E-state index contributed by atoms with van der Waals surface area (Å²) in [6.45, 7) is 5.67. The molecule has 92 valence electrons. The highest BCUT2D eigenvalue weighted by Gasteiger charge is 2.30. The van der Waals surface area contributed by atoms with Gasteiger partial charge in [-0.25, -0.2) is 0 Å². The van der Waals surface area contributed by atoms with Gasteiger partial charge in [0.2, 0.25) is 0 Å². The monoisotopic (exact) mass is 230 g/mol. The third kappa shape index (κ3) is 2.32. The van der Waals surface area contributed by atoms with Crippen molar-refractivity contribution in [1.82, 2.24) is 5.32 Å². The minimum atomic E-state index is 0.578. The lowest BCUT2D eigenvalue weighted by molar-refractivity contribution is 0.156. The fourth-order valence-electron chi connectivity index (χ4n) is 2.91. The van der Waals surface area contributed by atoms with Crippen molar-refractivity contribution in [3.8, 4) is 0 Å². The summed E-state index contributed by atoms with van der Waals surface area (Å²) < 4.78 is 0. The van der Waals surface area contributed by atoms with Crippen LogP contribution in [0.25, 0.3) is 0 Å². The molecule has 0 saturated heterocycles. The molecule has 0 radical (unpaired) electrons. The van der Waals surface area contributed by atoms with Gasteiger partial charge < -0.3 is 10.6 Å². The van der Waals surface area contributed by atoms with Crippen molar-refractivity contribution in [2.24, 2.45) is 5.41 Å². The van der Waals surface area contributed by atoms with Crippen molar-refractivity contribution >= 4 is 5.69 Å². The van der Waals surface area contributed by atoms with Crippen molar-refractivity contribution in [2.45, 2.75) is 39.2 Å². The highest BCUT2D eigenvalue weighted by molar-refractivity contribution is 5.56. The summed E-state index contributed by atoms with van der Waals surface area (Å²) in [4.78, 5) is 0. The molecule has 2 N–H and O–H groups in total. The van der Waals surface area contributed by atoms with Crippen molar-refractivity contribution in [3.63, 3.8) is 0 Å². The van der Waals surface area contributed by atoms with Gasteiger partial charge in [-0.2, -0.15) is 0 Å². The number of benzene rings is 1. The highest BCUT2D eigenvalue weighted by atomic mass is 14.9. The number of anilines is 1. The van der Waals surface area contributed by atoms with Gasteiger partial charge in [0.15, 0.2) is 0 Å². The smallest absolute Gasteiger partial charge is 0.0376 e. The van der Waals surface area contributed by atoms with Crippen LogP contribution in [-0.4, -0.2) is 13.1 Å². The Morgan fingerprint density at radius 3 is 3.00 bits per heavy atom. The van der Waals surface area contributed by atoms with E-state index in [1.54, 1.807) is 0 Å². The van der Waals surface area contributed by atoms with E-state index < -0.39 is 0 Å². The highest BCUT2D eigenvalue weighted by Crippen LogP contribution is 2.39. The fourth-order valence-corrected chi connectivity index (χ4v) is 2.91. The second-order valence-corrected chi connectivity index (χ2v) is 5.94. The fraction of sp³-hybridized carbons (Fsp3) is 0.600. The number of nitrogens with one attached hydrogen (secondary N) is 2.